The number of likely N-dealkylation sites (tertiary alicyclic amines) is 1. The summed E-state index contributed by atoms with van der Waals surface area (Å²) in [5.41, 5.74) is 1.00. The van der Waals surface area contributed by atoms with Gasteiger partial charge in [-0.1, -0.05) is 19.1 Å². The van der Waals surface area contributed by atoms with E-state index in [-0.39, 0.29) is 0 Å². The lowest BCUT2D eigenvalue weighted by Gasteiger charge is -2.35. The van der Waals surface area contributed by atoms with Gasteiger partial charge in [0.15, 0.2) is 0 Å². The monoisotopic (exact) mass is 256 g/mol. The molecule has 0 aliphatic carbocycles. The Hall–Kier alpha value is -1.68. The Morgan fingerprint density at radius 2 is 2.11 bits per heavy atom. The van der Waals surface area contributed by atoms with Crippen molar-refractivity contribution >= 4 is 16.7 Å². The molecule has 1 aromatic carbocycles. The SMILES string of the molecule is CC1CN(C)CCC1Nc1ncnc2ccccc12. The third-order valence-electron chi connectivity index (χ3n) is 3.97. The summed E-state index contributed by atoms with van der Waals surface area (Å²) in [7, 11) is 2.19. The first-order chi connectivity index (χ1) is 9.24. The molecule has 0 bridgehead atoms. The van der Waals surface area contributed by atoms with Crippen LogP contribution in [0.15, 0.2) is 30.6 Å². The van der Waals surface area contributed by atoms with Crippen molar-refractivity contribution in [1.29, 1.82) is 0 Å². The number of anilines is 1. The molecule has 1 N–H and O–H groups in total. The lowest BCUT2D eigenvalue weighted by molar-refractivity contribution is 0.206. The number of piperidine rings is 1. The highest BCUT2D eigenvalue weighted by Gasteiger charge is 2.24. The topological polar surface area (TPSA) is 41.0 Å². The molecule has 2 aromatic rings. The van der Waals surface area contributed by atoms with Gasteiger partial charge in [0.25, 0.3) is 0 Å². The number of fused-ring (bicyclic) bond motifs is 1. The van der Waals surface area contributed by atoms with E-state index in [9.17, 15) is 0 Å². The highest BCUT2D eigenvalue weighted by Crippen LogP contribution is 2.23. The van der Waals surface area contributed by atoms with Crippen molar-refractivity contribution in [3.8, 4) is 0 Å². The van der Waals surface area contributed by atoms with Crippen molar-refractivity contribution in [3.05, 3.63) is 30.6 Å². The Labute approximate surface area is 113 Å². The van der Waals surface area contributed by atoms with Crippen molar-refractivity contribution in [2.24, 2.45) is 5.92 Å². The van der Waals surface area contributed by atoms with Crippen molar-refractivity contribution in [1.82, 2.24) is 14.9 Å². The predicted octanol–water partition coefficient (Wildman–Crippen LogP) is 2.38. The van der Waals surface area contributed by atoms with Gasteiger partial charge in [-0.15, -0.1) is 0 Å². The van der Waals surface area contributed by atoms with Gasteiger partial charge in [0.1, 0.15) is 12.1 Å². The zero-order valence-corrected chi connectivity index (χ0v) is 11.5. The van der Waals surface area contributed by atoms with Crippen LogP contribution >= 0.6 is 0 Å². The molecule has 0 radical (unpaired) electrons. The van der Waals surface area contributed by atoms with Gasteiger partial charge >= 0.3 is 0 Å². The summed E-state index contributed by atoms with van der Waals surface area (Å²) in [6.45, 7) is 4.59. The van der Waals surface area contributed by atoms with Crippen LogP contribution in [0.5, 0.6) is 0 Å². The van der Waals surface area contributed by atoms with Crippen molar-refractivity contribution in [2.45, 2.75) is 19.4 Å². The maximum Gasteiger partial charge on any atom is 0.137 e. The molecule has 2 unspecified atom stereocenters. The summed E-state index contributed by atoms with van der Waals surface area (Å²) >= 11 is 0. The summed E-state index contributed by atoms with van der Waals surface area (Å²) in [6.07, 6.45) is 2.81. The first-order valence-corrected chi connectivity index (χ1v) is 6.89. The molecule has 4 nitrogen and oxygen atoms in total. The molecule has 2 heterocycles. The fourth-order valence-electron chi connectivity index (χ4n) is 2.86. The van der Waals surface area contributed by atoms with Crippen LogP contribution in [0.3, 0.4) is 0 Å². The van der Waals surface area contributed by atoms with E-state index in [0.29, 0.717) is 12.0 Å². The first-order valence-electron chi connectivity index (χ1n) is 6.89. The molecule has 1 saturated heterocycles. The van der Waals surface area contributed by atoms with Crippen LogP contribution in [-0.4, -0.2) is 41.0 Å². The molecule has 0 saturated carbocycles. The predicted molar refractivity (Wildman–Crippen MR) is 78.2 cm³/mol. The van der Waals surface area contributed by atoms with E-state index in [0.717, 1.165) is 36.2 Å². The number of benzene rings is 1. The van der Waals surface area contributed by atoms with Crippen LogP contribution in [0.2, 0.25) is 0 Å². The number of para-hydroxylation sites is 1. The molecule has 1 aliphatic rings. The second-order valence-corrected chi connectivity index (χ2v) is 5.52. The summed E-state index contributed by atoms with van der Waals surface area (Å²) in [4.78, 5) is 11.1. The molecule has 0 amide bonds. The van der Waals surface area contributed by atoms with Gasteiger partial charge in [-0.05, 0) is 38.1 Å². The quantitative estimate of drug-likeness (QED) is 0.895. The minimum atomic E-state index is 0.495. The van der Waals surface area contributed by atoms with E-state index < -0.39 is 0 Å². The molecule has 2 atom stereocenters. The molecule has 0 spiro atoms. The normalized spacial score (nSPS) is 24.5. The largest absolute Gasteiger partial charge is 0.366 e. The van der Waals surface area contributed by atoms with Gasteiger partial charge in [-0.3, -0.25) is 0 Å². The van der Waals surface area contributed by atoms with E-state index in [1.165, 1.54) is 0 Å². The molecule has 1 fully saturated rings. The van der Waals surface area contributed by atoms with E-state index >= 15 is 0 Å². The number of hydrogen-bond acceptors (Lipinski definition) is 4. The minimum Gasteiger partial charge on any atom is -0.366 e. The molecule has 1 aromatic heterocycles. The highest BCUT2D eigenvalue weighted by molar-refractivity contribution is 5.88. The summed E-state index contributed by atoms with van der Waals surface area (Å²) in [6, 6.07) is 8.65. The van der Waals surface area contributed by atoms with Crippen LogP contribution in [0, 0.1) is 5.92 Å². The maximum absolute atomic E-state index is 4.42. The molecule has 100 valence electrons. The fraction of sp³-hybridized carbons (Fsp3) is 0.467. The minimum absolute atomic E-state index is 0.495. The number of rotatable bonds is 2. The molecule has 3 rings (SSSR count). The number of hydrogen-bond donors (Lipinski definition) is 1. The standard InChI is InChI=1S/C15H20N4/c1-11-9-19(2)8-7-13(11)18-15-12-5-3-4-6-14(12)16-10-17-15/h3-6,10-11,13H,7-9H2,1-2H3,(H,16,17,18). The van der Waals surface area contributed by atoms with E-state index in [1.807, 2.05) is 18.2 Å². The van der Waals surface area contributed by atoms with E-state index in [1.54, 1.807) is 6.33 Å². The Balaban J connectivity index is 1.85. The van der Waals surface area contributed by atoms with Gasteiger partial charge < -0.3 is 10.2 Å². The van der Waals surface area contributed by atoms with Gasteiger partial charge in [0, 0.05) is 18.0 Å². The van der Waals surface area contributed by atoms with Crippen LogP contribution in [0.1, 0.15) is 13.3 Å². The lowest BCUT2D eigenvalue weighted by atomic mass is 9.94. The first kappa shape index (κ1) is 12.4. The van der Waals surface area contributed by atoms with Crippen LogP contribution in [-0.2, 0) is 0 Å². The molecular formula is C15H20N4. The van der Waals surface area contributed by atoms with Gasteiger partial charge in [-0.25, -0.2) is 9.97 Å². The van der Waals surface area contributed by atoms with Crippen LogP contribution in [0.4, 0.5) is 5.82 Å². The van der Waals surface area contributed by atoms with Gasteiger partial charge in [0.05, 0.1) is 5.52 Å². The summed E-state index contributed by atoms with van der Waals surface area (Å²) < 4.78 is 0. The molecule has 1 aliphatic heterocycles. The van der Waals surface area contributed by atoms with Crippen molar-refractivity contribution in [2.75, 3.05) is 25.5 Å². The maximum atomic E-state index is 4.42. The third kappa shape index (κ3) is 2.54. The molecular weight excluding hydrogens is 236 g/mol. The van der Waals surface area contributed by atoms with Gasteiger partial charge in [0.2, 0.25) is 0 Å². The Morgan fingerprint density at radius 3 is 2.95 bits per heavy atom. The third-order valence-corrected chi connectivity index (χ3v) is 3.97. The van der Waals surface area contributed by atoms with Crippen molar-refractivity contribution < 1.29 is 0 Å². The second-order valence-electron chi connectivity index (χ2n) is 5.52. The van der Waals surface area contributed by atoms with E-state index in [4.69, 9.17) is 0 Å². The zero-order chi connectivity index (χ0) is 13.2. The Kier molecular flexibility index (Phi) is 3.34. The molecule has 19 heavy (non-hydrogen) atoms. The second kappa shape index (κ2) is 5.13. The molecule has 4 heteroatoms. The number of nitrogens with one attached hydrogen (secondary N) is 1. The Morgan fingerprint density at radius 1 is 1.26 bits per heavy atom. The van der Waals surface area contributed by atoms with E-state index in [2.05, 4.69) is 40.2 Å². The smallest absolute Gasteiger partial charge is 0.137 e. The van der Waals surface area contributed by atoms with Crippen LogP contribution in [0.25, 0.3) is 10.9 Å². The number of nitrogens with zero attached hydrogens (tertiary/aromatic N) is 3. The summed E-state index contributed by atoms with van der Waals surface area (Å²) in [5, 5.41) is 4.72. The Bertz CT molecular complexity index is 564. The van der Waals surface area contributed by atoms with Crippen LogP contribution < -0.4 is 5.32 Å². The lowest BCUT2D eigenvalue weighted by Crippen LogP contribution is -2.43. The fourth-order valence-corrected chi connectivity index (χ4v) is 2.86. The summed E-state index contributed by atoms with van der Waals surface area (Å²) in [5.74, 6) is 1.60. The van der Waals surface area contributed by atoms with Gasteiger partial charge in [-0.2, -0.15) is 0 Å². The average Bonchev–Trinajstić information content (AvgIpc) is 2.42. The zero-order valence-electron chi connectivity index (χ0n) is 11.5. The number of aromatic nitrogens is 2. The van der Waals surface area contributed by atoms with Crippen molar-refractivity contribution in [3.63, 3.8) is 0 Å². The highest BCUT2D eigenvalue weighted by atomic mass is 15.1. The average molecular weight is 256 g/mol.